The predicted molar refractivity (Wildman–Crippen MR) is 72.8 cm³/mol. The van der Waals surface area contributed by atoms with E-state index in [4.69, 9.17) is 15.2 Å². The van der Waals surface area contributed by atoms with E-state index in [-0.39, 0.29) is 0 Å². The summed E-state index contributed by atoms with van der Waals surface area (Å²) in [7, 11) is 0. The van der Waals surface area contributed by atoms with Gasteiger partial charge in [0.1, 0.15) is 18.1 Å². The standard InChI is InChI=1S/C15H17NO2/c1-2-17-15-10-13(8-9-14(15)16)18-11-12-6-4-3-5-7-12/h3-10H,2,11,16H2,1H3. The third kappa shape index (κ3) is 3.17. The molecule has 0 aliphatic rings. The molecule has 3 nitrogen and oxygen atoms in total. The first-order chi connectivity index (χ1) is 8.79. The smallest absolute Gasteiger partial charge is 0.145 e. The SMILES string of the molecule is CCOc1cc(OCc2ccccc2)ccc1N. The Morgan fingerprint density at radius 1 is 1.00 bits per heavy atom. The maximum Gasteiger partial charge on any atom is 0.145 e. The fourth-order valence-corrected chi connectivity index (χ4v) is 1.63. The van der Waals surface area contributed by atoms with Crippen LogP contribution in [0.2, 0.25) is 0 Å². The molecule has 18 heavy (non-hydrogen) atoms. The molecule has 0 atom stereocenters. The quantitative estimate of drug-likeness (QED) is 0.820. The molecular formula is C15H17NO2. The summed E-state index contributed by atoms with van der Waals surface area (Å²) in [6.45, 7) is 3.06. The van der Waals surface area contributed by atoms with E-state index in [1.165, 1.54) is 0 Å². The second-order valence-corrected chi connectivity index (χ2v) is 3.91. The van der Waals surface area contributed by atoms with Gasteiger partial charge in [-0.25, -0.2) is 0 Å². The summed E-state index contributed by atoms with van der Waals surface area (Å²) in [5.41, 5.74) is 7.56. The Morgan fingerprint density at radius 3 is 2.50 bits per heavy atom. The number of hydrogen-bond donors (Lipinski definition) is 1. The van der Waals surface area contributed by atoms with Gasteiger partial charge in [0, 0.05) is 6.07 Å². The lowest BCUT2D eigenvalue weighted by atomic mass is 10.2. The van der Waals surface area contributed by atoms with E-state index in [0.29, 0.717) is 24.7 Å². The van der Waals surface area contributed by atoms with Gasteiger partial charge in [0.25, 0.3) is 0 Å². The van der Waals surface area contributed by atoms with Gasteiger partial charge >= 0.3 is 0 Å². The summed E-state index contributed by atoms with van der Waals surface area (Å²) in [6.07, 6.45) is 0. The highest BCUT2D eigenvalue weighted by molar-refractivity contribution is 5.55. The molecule has 2 aromatic carbocycles. The topological polar surface area (TPSA) is 44.5 Å². The summed E-state index contributed by atoms with van der Waals surface area (Å²) in [4.78, 5) is 0. The van der Waals surface area contributed by atoms with Gasteiger partial charge in [-0.2, -0.15) is 0 Å². The molecule has 0 aliphatic heterocycles. The van der Waals surface area contributed by atoms with Crippen LogP contribution < -0.4 is 15.2 Å². The van der Waals surface area contributed by atoms with Crippen LogP contribution in [0.4, 0.5) is 5.69 Å². The Labute approximate surface area is 107 Å². The maximum absolute atomic E-state index is 5.80. The lowest BCUT2D eigenvalue weighted by Crippen LogP contribution is -1.99. The molecule has 3 heteroatoms. The summed E-state index contributed by atoms with van der Waals surface area (Å²) in [5.74, 6) is 1.43. The van der Waals surface area contributed by atoms with Crippen LogP contribution >= 0.6 is 0 Å². The van der Waals surface area contributed by atoms with Gasteiger partial charge in [-0.05, 0) is 24.6 Å². The first kappa shape index (κ1) is 12.3. The normalized spacial score (nSPS) is 10.1. The molecule has 0 radical (unpaired) electrons. The van der Waals surface area contributed by atoms with E-state index in [9.17, 15) is 0 Å². The minimum Gasteiger partial charge on any atom is -0.492 e. The molecule has 0 saturated heterocycles. The zero-order valence-electron chi connectivity index (χ0n) is 10.4. The van der Waals surface area contributed by atoms with Crippen LogP contribution in [0, 0.1) is 0 Å². The van der Waals surface area contributed by atoms with E-state index >= 15 is 0 Å². The van der Waals surface area contributed by atoms with Crippen LogP contribution in [0.5, 0.6) is 11.5 Å². The molecule has 0 fully saturated rings. The van der Waals surface area contributed by atoms with Crippen molar-refractivity contribution in [1.82, 2.24) is 0 Å². The van der Waals surface area contributed by atoms with Crippen LogP contribution in [0.3, 0.4) is 0 Å². The lowest BCUT2D eigenvalue weighted by Gasteiger charge is -2.10. The van der Waals surface area contributed by atoms with Crippen molar-refractivity contribution in [3.63, 3.8) is 0 Å². The van der Waals surface area contributed by atoms with E-state index in [0.717, 1.165) is 11.3 Å². The molecule has 0 bridgehead atoms. The summed E-state index contributed by atoms with van der Waals surface area (Å²) in [5, 5.41) is 0. The Bertz CT molecular complexity index is 497. The highest BCUT2D eigenvalue weighted by atomic mass is 16.5. The van der Waals surface area contributed by atoms with Crippen molar-refractivity contribution in [3.05, 3.63) is 54.1 Å². The number of hydrogen-bond acceptors (Lipinski definition) is 3. The molecule has 0 aliphatic carbocycles. The first-order valence-corrected chi connectivity index (χ1v) is 5.98. The Morgan fingerprint density at radius 2 is 1.78 bits per heavy atom. The van der Waals surface area contributed by atoms with Crippen molar-refractivity contribution >= 4 is 5.69 Å². The zero-order valence-corrected chi connectivity index (χ0v) is 10.4. The second-order valence-electron chi connectivity index (χ2n) is 3.91. The van der Waals surface area contributed by atoms with Crippen LogP contribution in [0.1, 0.15) is 12.5 Å². The van der Waals surface area contributed by atoms with Gasteiger partial charge < -0.3 is 15.2 Å². The fourth-order valence-electron chi connectivity index (χ4n) is 1.63. The molecule has 94 valence electrons. The van der Waals surface area contributed by atoms with Crippen molar-refractivity contribution in [2.45, 2.75) is 13.5 Å². The van der Waals surface area contributed by atoms with Crippen LogP contribution in [0.25, 0.3) is 0 Å². The number of benzene rings is 2. The van der Waals surface area contributed by atoms with Crippen molar-refractivity contribution in [2.75, 3.05) is 12.3 Å². The fraction of sp³-hybridized carbons (Fsp3) is 0.200. The minimum absolute atomic E-state index is 0.538. The Balaban J connectivity index is 2.03. The second kappa shape index (κ2) is 5.96. The first-order valence-electron chi connectivity index (χ1n) is 5.98. The highest BCUT2D eigenvalue weighted by Gasteiger charge is 2.02. The molecule has 0 heterocycles. The summed E-state index contributed by atoms with van der Waals surface area (Å²) in [6, 6.07) is 15.5. The van der Waals surface area contributed by atoms with Crippen molar-refractivity contribution in [1.29, 1.82) is 0 Å². The predicted octanol–water partition coefficient (Wildman–Crippen LogP) is 3.25. The summed E-state index contributed by atoms with van der Waals surface area (Å²) < 4.78 is 11.1. The monoisotopic (exact) mass is 243 g/mol. The van der Waals surface area contributed by atoms with Crippen LogP contribution in [0.15, 0.2) is 48.5 Å². The van der Waals surface area contributed by atoms with Crippen molar-refractivity contribution < 1.29 is 9.47 Å². The number of ether oxygens (including phenoxy) is 2. The average molecular weight is 243 g/mol. The molecule has 0 aromatic heterocycles. The van der Waals surface area contributed by atoms with Gasteiger partial charge in [0.05, 0.1) is 12.3 Å². The maximum atomic E-state index is 5.80. The van der Waals surface area contributed by atoms with Gasteiger partial charge in [0.15, 0.2) is 0 Å². The summed E-state index contributed by atoms with van der Waals surface area (Å²) >= 11 is 0. The molecule has 2 aromatic rings. The Hall–Kier alpha value is -2.16. The van der Waals surface area contributed by atoms with Crippen molar-refractivity contribution in [3.8, 4) is 11.5 Å². The molecule has 2 rings (SSSR count). The van der Waals surface area contributed by atoms with E-state index in [1.54, 1.807) is 6.07 Å². The van der Waals surface area contributed by atoms with E-state index < -0.39 is 0 Å². The van der Waals surface area contributed by atoms with Crippen molar-refractivity contribution in [2.24, 2.45) is 0 Å². The molecule has 2 N–H and O–H groups in total. The number of nitrogens with two attached hydrogens (primary N) is 1. The average Bonchev–Trinajstić information content (AvgIpc) is 2.41. The largest absolute Gasteiger partial charge is 0.492 e. The van der Waals surface area contributed by atoms with Gasteiger partial charge in [-0.15, -0.1) is 0 Å². The van der Waals surface area contributed by atoms with Gasteiger partial charge in [0.2, 0.25) is 0 Å². The molecular weight excluding hydrogens is 226 g/mol. The lowest BCUT2D eigenvalue weighted by molar-refractivity contribution is 0.300. The molecule has 0 unspecified atom stereocenters. The van der Waals surface area contributed by atoms with E-state index in [2.05, 4.69) is 0 Å². The number of nitrogen functional groups attached to an aromatic ring is 1. The van der Waals surface area contributed by atoms with E-state index in [1.807, 2.05) is 49.4 Å². The zero-order chi connectivity index (χ0) is 12.8. The third-order valence-corrected chi connectivity index (χ3v) is 2.53. The molecule has 0 amide bonds. The van der Waals surface area contributed by atoms with Gasteiger partial charge in [-0.3, -0.25) is 0 Å². The molecule has 0 spiro atoms. The minimum atomic E-state index is 0.538. The highest BCUT2D eigenvalue weighted by Crippen LogP contribution is 2.27. The number of rotatable bonds is 5. The third-order valence-electron chi connectivity index (χ3n) is 2.53. The van der Waals surface area contributed by atoms with Gasteiger partial charge in [-0.1, -0.05) is 30.3 Å². The van der Waals surface area contributed by atoms with Crippen LogP contribution in [-0.4, -0.2) is 6.61 Å². The number of anilines is 1. The Kier molecular flexibility index (Phi) is 4.07. The molecule has 0 saturated carbocycles. The van der Waals surface area contributed by atoms with Crippen LogP contribution in [-0.2, 0) is 6.61 Å².